The van der Waals surface area contributed by atoms with Gasteiger partial charge in [-0.2, -0.15) is 4.31 Å². The number of hydrogen-bond donors (Lipinski definition) is 1. The third kappa shape index (κ3) is 3.45. The van der Waals surface area contributed by atoms with Crippen molar-refractivity contribution in [3.8, 4) is 0 Å². The van der Waals surface area contributed by atoms with E-state index in [4.69, 9.17) is 4.79 Å². The van der Waals surface area contributed by atoms with Crippen LogP contribution in [0.1, 0.15) is 70.8 Å². The molecule has 31 heavy (non-hydrogen) atoms. The fraction of sp³-hybridized carbons (Fsp3) is 0.720. The van der Waals surface area contributed by atoms with Gasteiger partial charge in [0.05, 0.1) is 4.90 Å². The maximum Gasteiger partial charge on any atom is 0.243 e. The van der Waals surface area contributed by atoms with Gasteiger partial charge in [0, 0.05) is 12.6 Å². The van der Waals surface area contributed by atoms with E-state index in [2.05, 4.69) is 12.7 Å². The monoisotopic (exact) mass is 446 g/mol. The molecule has 0 radical (unpaired) electrons. The van der Waals surface area contributed by atoms with Gasteiger partial charge in [-0.15, -0.1) is 0 Å². The molecule has 2 bridgehead atoms. The average molecular weight is 447 g/mol. The van der Waals surface area contributed by atoms with Crippen molar-refractivity contribution in [1.29, 1.82) is 0 Å². The lowest BCUT2D eigenvalue weighted by molar-refractivity contribution is -0.234. The minimum Gasteiger partial charge on any atom is -0.372 e. The number of aryl methyl sites for hydroxylation is 1. The second-order valence-electron chi connectivity index (χ2n) is 10.7. The molecule has 1 amide bonds. The first kappa shape index (κ1) is 22.8. The van der Waals surface area contributed by atoms with Crippen molar-refractivity contribution >= 4 is 16.4 Å². The van der Waals surface area contributed by atoms with E-state index in [1.54, 1.807) is 48.5 Å². The standard InChI is InChI=1S/C13H19NO2S.C11H16.CH3NO/c1-3-12-5-4-10-14(12)17(15,16)13-8-6-11(2)7-9-13;1-10-4-7-2-8-3-9(6-10)11(8,10)5-7;2-1-3/h6-9,12H,3-5,10H2,1-2H3;7-9H,2-6H2,1H3;1H,(H2,2,3)/t;7?,8?,9?,10-,11?;/m.0./s1. The number of fused-ring (bicyclic) bond motifs is 1. The smallest absolute Gasteiger partial charge is 0.243 e. The first-order chi connectivity index (χ1) is 14.7. The summed E-state index contributed by atoms with van der Waals surface area (Å²) < 4.78 is 26.5. The number of nitrogens with two attached hydrogens (primary N) is 1. The highest BCUT2D eigenvalue weighted by Crippen LogP contribution is 2.86. The largest absolute Gasteiger partial charge is 0.372 e. The third-order valence-corrected chi connectivity index (χ3v) is 11.2. The Balaban J connectivity index is 0.000000140. The Morgan fingerprint density at radius 3 is 2.32 bits per heavy atom. The predicted molar refractivity (Wildman–Crippen MR) is 123 cm³/mol. The maximum atomic E-state index is 12.4. The van der Waals surface area contributed by atoms with Gasteiger partial charge in [0.15, 0.2) is 0 Å². The maximum absolute atomic E-state index is 12.4. The zero-order valence-electron chi connectivity index (χ0n) is 19.2. The zero-order chi connectivity index (χ0) is 22.4. The van der Waals surface area contributed by atoms with Crippen LogP contribution in [0.3, 0.4) is 0 Å². The second kappa shape index (κ2) is 8.18. The van der Waals surface area contributed by atoms with E-state index in [1.165, 1.54) is 11.8 Å². The van der Waals surface area contributed by atoms with E-state index >= 15 is 0 Å². The fourth-order valence-corrected chi connectivity index (χ4v) is 9.85. The van der Waals surface area contributed by atoms with Gasteiger partial charge in [0.2, 0.25) is 16.4 Å². The van der Waals surface area contributed by atoms with Crippen molar-refractivity contribution in [2.24, 2.45) is 34.3 Å². The Hall–Kier alpha value is -1.40. The molecule has 5 unspecified atom stereocenters. The summed E-state index contributed by atoms with van der Waals surface area (Å²) in [7, 11) is -3.28. The molecule has 1 aromatic carbocycles. The van der Waals surface area contributed by atoms with Crippen LogP contribution >= 0.6 is 0 Å². The molecule has 6 atom stereocenters. The summed E-state index contributed by atoms with van der Waals surface area (Å²) >= 11 is 0. The Labute approximate surface area is 187 Å². The van der Waals surface area contributed by atoms with Gasteiger partial charge in [-0.3, -0.25) is 4.79 Å². The number of carbonyl (C=O) groups is 1. The van der Waals surface area contributed by atoms with E-state index < -0.39 is 10.0 Å². The molecule has 5 fully saturated rings. The predicted octanol–water partition coefficient (Wildman–Crippen LogP) is 4.49. The molecule has 1 aliphatic heterocycles. The lowest BCUT2D eigenvalue weighted by atomic mass is 9.32. The van der Waals surface area contributed by atoms with Gasteiger partial charge in [0.25, 0.3) is 0 Å². The molecule has 0 aromatic heterocycles. The van der Waals surface area contributed by atoms with Gasteiger partial charge in [0.1, 0.15) is 0 Å². The molecule has 1 aromatic rings. The van der Waals surface area contributed by atoms with Gasteiger partial charge in [-0.05, 0) is 99.0 Å². The molecule has 5 aliphatic rings. The van der Waals surface area contributed by atoms with Gasteiger partial charge in [-0.1, -0.05) is 31.5 Å². The second-order valence-corrected chi connectivity index (χ2v) is 12.6. The van der Waals surface area contributed by atoms with Crippen molar-refractivity contribution < 1.29 is 13.2 Å². The van der Waals surface area contributed by atoms with Crippen LogP contribution in [0.2, 0.25) is 0 Å². The Morgan fingerprint density at radius 2 is 1.81 bits per heavy atom. The molecule has 4 saturated carbocycles. The molecule has 1 spiro atoms. The molecule has 4 aliphatic carbocycles. The van der Waals surface area contributed by atoms with Crippen LogP contribution in [0.4, 0.5) is 0 Å². The molecule has 2 N–H and O–H groups in total. The third-order valence-electron chi connectivity index (χ3n) is 9.25. The van der Waals surface area contributed by atoms with Crippen LogP contribution in [0, 0.1) is 35.5 Å². The Kier molecular flexibility index (Phi) is 6.01. The van der Waals surface area contributed by atoms with Crippen LogP contribution in [-0.2, 0) is 14.8 Å². The normalized spacial score (nSPS) is 39.2. The van der Waals surface area contributed by atoms with Gasteiger partial charge in [-0.25, -0.2) is 8.42 Å². The fourth-order valence-electron chi connectivity index (χ4n) is 8.09. The van der Waals surface area contributed by atoms with Crippen molar-refractivity contribution in [2.75, 3.05) is 6.54 Å². The summed E-state index contributed by atoms with van der Waals surface area (Å²) in [5.41, 5.74) is 7.04. The minimum atomic E-state index is -3.28. The lowest BCUT2D eigenvalue weighted by Crippen LogP contribution is -2.65. The van der Waals surface area contributed by atoms with Crippen molar-refractivity contribution in [2.45, 2.75) is 83.1 Å². The van der Waals surface area contributed by atoms with E-state index in [1.807, 2.05) is 26.0 Å². The number of amides is 1. The average Bonchev–Trinajstić information content (AvgIpc) is 3.38. The number of carbonyl (C=O) groups excluding carboxylic acids is 1. The van der Waals surface area contributed by atoms with Gasteiger partial charge < -0.3 is 5.73 Å². The number of primary amides is 1. The number of nitrogens with zero attached hydrogens (tertiary/aromatic N) is 1. The molecular formula is C25H38N2O3S. The van der Waals surface area contributed by atoms with E-state index in [0.717, 1.165) is 41.6 Å². The van der Waals surface area contributed by atoms with Crippen molar-refractivity contribution in [1.82, 2.24) is 4.31 Å². The number of hydrogen-bond acceptors (Lipinski definition) is 3. The van der Waals surface area contributed by atoms with Crippen LogP contribution in [-0.4, -0.2) is 31.7 Å². The SMILES string of the molecule is CCC1CCCN1S(=O)(=O)c1ccc(C)cc1.C[C@]12CC3CC4CC(C1)C42C3.NC=O. The number of sulfonamides is 1. The number of rotatable bonds is 3. The van der Waals surface area contributed by atoms with Crippen LogP contribution in [0.5, 0.6) is 0 Å². The summed E-state index contributed by atoms with van der Waals surface area (Å²) in [6.45, 7) is 7.25. The highest BCUT2D eigenvalue weighted by molar-refractivity contribution is 7.89. The molecule has 6 heteroatoms. The molecule has 1 saturated heterocycles. The summed E-state index contributed by atoms with van der Waals surface area (Å²) in [4.78, 5) is 9.00. The molecular weight excluding hydrogens is 408 g/mol. The Morgan fingerprint density at radius 1 is 1.13 bits per heavy atom. The molecule has 1 heterocycles. The topological polar surface area (TPSA) is 80.5 Å². The highest BCUT2D eigenvalue weighted by atomic mass is 32.2. The van der Waals surface area contributed by atoms with Crippen molar-refractivity contribution in [3.63, 3.8) is 0 Å². The highest BCUT2D eigenvalue weighted by Gasteiger charge is 2.78. The van der Waals surface area contributed by atoms with Crippen LogP contribution in [0.15, 0.2) is 29.2 Å². The summed E-state index contributed by atoms with van der Waals surface area (Å²) in [5, 5.41) is 0. The van der Waals surface area contributed by atoms with Crippen molar-refractivity contribution in [3.05, 3.63) is 29.8 Å². The summed E-state index contributed by atoms with van der Waals surface area (Å²) in [5.74, 6) is 3.56. The zero-order valence-corrected chi connectivity index (χ0v) is 20.0. The first-order valence-electron chi connectivity index (χ1n) is 12.0. The van der Waals surface area contributed by atoms with Crippen LogP contribution in [0.25, 0.3) is 0 Å². The van der Waals surface area contributed by atoms with Crippen LogP contribution < -0.4 is 5.73 Å². The first-order valence-corrected chi connectivity index (χ1v) is 13.4. The van der Waals surface area contributed by atoms with Gasteiger partial charge >= 0.3 is 0 Å². The van der Waals surface area contributed by atoms with E-state index in [-0.39, 0.29) is 12.5 Å². The minimum absolute atomic E-state index is 0.182. The molecule has 5 nitrogen and oxygen atoms in total. The lowest BCUT2D eigenvalue weighted by Gasteiger charge is -2.72. The molecule has 172 valence electrons. The quantitative estimate of drug-likeness (QED) is 0.695. The van der Waals surface area contributed by atoms with E-state index in [9.17, 15) is 8.42 Å². The molecule has 6 rings (SSSR count). The number of benzene rings is 1. The summed E-state index contributed by atoms with van der Waals surface area (Å²) in [6, 6.07) is 7.29. The Bertz CT molecular complexity index is 915. The summed E-state index contributed by atoms with van der Waals surface area (Å²) in [6.07, 6.45) is 11.2. The van der Waals surface area contributed by atoms with E-state index in [0.29, 0.717) is 11.4 Å².